The Hall–Kier alpha value is -3.00. The Morgan fingerprint density at radius 3 is 1.73 bits per heavy atom. The van der Waals surface area contributed by atoms with Crippen LogP contribution in [0.15, 0.2) is 126 Å². The van der Waals surface area contributed by atoms with E-state index in [9.17, 15) is 0 Å². The molecular formula is C47H50Cl2SiZr. The Bertz CT molecular complexity index is 2430. The summed E-state index contributed by atoms with van der Waals surface area (Å²) in [4.78, 5) is 0. The quantitative estimate of drug-likeness (QED) is 0.141. The molecule has 0 nitrogen and oxygen atoms in total. The molecule has 4 heteroatoms. The number of aryl methyl sites for hydroxylation is 1. The van der Waals surface area contributed by atoms with Crippen LogP contribution >= 0.6 is 24.8 Å². The first kappa shape index (κ1) is 37.7. The van der Waals surface area contributed by atoms with Crippen molar-refractivity contribution in [2.24, 2.45) is 5.92 Å². The minimum atomic E-state index is -3.83. The van der Waals surface area contributed by atoms with Gasteiger partial charge in [-0.05, 0) is 0 Å². The molecule has 0 saturated heterocycles. The topological polar surface area (TPSA) is 0 Å². The van der Waals surface area contributed by atoms with Crippen LogP contribution in [0.3, 0.4) is 0 Å². The molecule has 0 N–H and O–H groups in total. The molecule has 0 saturated carbocycles. The van der Waals surface area contributed by atoms with Gasteiger partial charge in [0.25, 0.3) is 0 Å². The van der Waals surface area contributed by atoms with Gasteiger partial charge in [-0.3, -0.25) is 0 Å². The molecule has 0 heterocycles. The summed E-state index contributed by atoms with van der Waals surface area (Å²) in [5.74, 6) is 0.484. The monoisotopic (exact) mass is 802 g/mol. The van der Waals surface area contributed by atoms with Crippen molar-refractivity contribution < 1.29 is 17.4 Å². The maximum atomic E-state index is 2.81. The zero-order valence-electron chi connectivity index (χ0n) is 30.8. The zero-order valence-corrected chi connectivity index (χ0v) is 36.3. The normalized spacial score (nSPS) is 16.7. The first-order valence-corrected chi connectivity index (χ1v) is 32.0. The summed E-state index contributed by atoms with van der Waals surface area (Å²) >= 11 is -3.83. The standard InChI is InChI=1S/C23H21.C22H19.2CH3.2ClH.H2Si.Zr/c1-3-7-17-14-22-16(2)12-13-21(23(22)15-17)20-11-6-9-18-8-4-5-10-19(18)20;1-15(2)18-13-17-9-6-12-21(22(17)14-18)20-11-5-8-16-7-3-4-10-19(16)20;;;;;;/h4-6,8-15H,3,7H2,1-2H3;3-15H,1-2H3;2*1H3;2*1H;1H2;. The fourth-order valence-corrected chi connectivity index (χ4v) is 29.8. The van der Waals surface area contributed by atoms with Crippen molar-refractivity contribution in [2.75, 3.05) is 0 Å². The predicted molar refractivity (Wildman–Crippen MR) is 229 cm³/mol. The molecule has 8 rings (SSSR count). The number of rotatable bonds is 7. The van der Waals surface area contributed by atoms with E-state index in [-0.39, 0.29) is 24.8 Å². The van der Waals surface area contributed by atoms with Gasteiger partial charge >= 0.3 is 297 Å². The minimum Gasteiger partial charge on any atom is -0.147 e. The summed E-state index contributed by atoms with van der Waals surface area (Å²) < 4.78 is 6.62. The van der Waals surface area contributed by atoms with E-state index in [1.807, 2.05) is 0 Å². The number of hydrogen-bond donors (Lipinski definition) is 0. The Balaban J connectivity index is 0.00000224. The van der Waals surface area contributed by atoms with Crippen molar-refractivity contribution in [2.45, 2.75) is 57.1 Å². The van der Waals surface area contributed by atoms with Crippen molar-refractivity contribution in [1.82, 2.24) is 0 Å². The fraction of sp³-hybridized carbons (Fsp3) is 0.234. The first-order valence-electron chi connectivity index (χ1n) is 18.3. The SMILES string of the molecule is CCCC1=Cc2c(-c3cccc4ccccc34)ccc(C)c2[CH]1[Zr]([CH3])([CH3])(=[SiH2])[CH]1C(C(C)C)=Cc2c(-c3cccc4ccccc34)cccc21.Cl.Cl. The molecule has 2 unspecified atom stereocenters. The van der Waals surface area contributed by atoms with E-state index < -0.39 is 17.4 Å². The molecule has 0 amide bonds. The average molecular weight is 805 g/mol. The molecule has 51 heavy (non-hydrogen) atoms. The Kier molecular flexibility index (Phi) is 10.4. The van der Waals surface area contributed by atoms with Crippen LogP contribution in [-0.2, 0) is 17.4 Å². The predicted octanol–water partition coefficient (Wildman–Crippen LogP) is 13.8. The van der Waals surface area contributed by atoms with Gasteiger partial charge in [0, 0.05) is 0 Å². The van der Waals surface area contributed by atoms with Gasteiger partial charge < -0.3 is 0 Å². The maximum Gasteiger partial charge on any atom is -0.147 e. The van der Waals surface area contributed by atoms with Crippen molar-refractivity contribution in [3.8, 4) is 22.3 Å². The van der Waals surface area contributed by atoms with Gasteiger partial charge in [-0.2, -0.15) is 0 Å². The molecule has 6 aromatic rings. The van der Waals surface area contributed by atoms with Crippen LogP contribution in [0.5, 0.6) is 0 Å². The Labute approximate surface area is 319 Å². The molecule has 0 aromatic heterocycles. The molecule has 0 fully saturated rings. The molecular weight excluding hydrogens is 755 g/mol. The second kappa shape index (κ2) is 14.1. The van der Waals surface area contributed by atoms with Crippen LogP contribution in [0, 0.1) is 12.8 Å². The van der Waals surface area contributed by atoms with E-state index in [2.05, 4.69) is 171 Å². The number of allylic oxidation sites excluding steroid dienone is 2. The molecule has 0 aliphatic heterocycles. The molecule has 6 aromatic carbocycles. The summed E-state index contributed by atoms with van der Waals surface area (Å²) in [5.41, 5.74) is 16.4. The summed E-state index contributed by atoms with van der Waals surface area (Å²) in [5, 5.41) is 5.30. The molecule has 0 spiro atoms. The van der Waals surface area contributed by atoms with E-state index in [1.165, 1.54) is 66.9 Å². The summed E-state index contributed by atoms with van der Waals surface area (Å²) in [6.45, 7) is 12.1. The maximum absolute atomic E-state index is 3.83. The van der Waals surface area contributed by atoms with Crippen molar-refractivity contribution in [1.29, 1.82) is 0 Å². The molecule has 260 valence electrons. The van der Waals surface area contributed by atoms with E-state index in [4.69, 9.17) is 0 Å². The molecule has 0 radical (unpaired) electrons. The summed E-state index contributed by atoms with van der Waals surface area (Å²) in [7, 11) is 0. The number of halogens is 2. The van der Waals surface area contributed by atoms with Crippen LogP contribution < -0.4 is 0 Å². The van der Waals surface area contributed by atoms with Crippen molar-refractivity contribution in [3.63, 3.8) is 0 Å². The van der Waals surface area contributed by atoms with Crippen molar-refractivity contribution >= 4 is 65.4 Å². The number of benzene rings is 6. The summed E-state index contributed by atoms with van der Waals surface area (Å²) in [6, 6.07) is 43.5. The third-order valence-corrected chi connectivity index (χ3v) is 29.2. The van der Waals surface area contributed by atoms with Crippen molar-refractivity contribution in [3.05, 3.63) is 154 Å². The smallest absolute Gasteiger partial charge is 0.147 e. The Morgan fingerprint density at radius 2 is 1.14 bits per heavy atom. The van der Waals surface area contributed by atoms with Gasteiger partial charge in [-0.15, -0.1) is 24.8 Å². The third kappa shape index (κ3) is 6.09. The molecule has 2 atom stereocenters. The number of hydrogen-bond acceptors (Lipinski definition) is 0. The van der Waals surface area contributed by atoms with Crippen LogP contribution in [0.2, 0.25) is 9.26 Å². The number of fused-ring (bicyclic) bond motifs is 4. The van der Waals surface area contributed by atoms with Crippen LogP contribution in [0.1, 0.15) is 68.7 Å². The van der Waals surface area contributed by atoms with Crippen LogP contribution in [0.4, 0.5) is 0 Å². The first-order chi connectivity index (χ1) is 23.6. The second-order valence-corrected chi connectivity index (χ2v) is 46.7. The molecule has 2 aliphatic carbocycles. The minimum absolute atomic E-state index is 0. The van der Waals surface area contributed by atoms with Crippen LogP contribution in [0.25, 0.3) is 56.0 Å². The summed E-state index contributed by atoms with van der Waals surface area (Å²) in [6.07, 6.45) is 7.62. The third-order valence-electron chi connectivity index (χ3n) is 11.9. The second-order valence-electron chi connectivity index (χ2n) is 16.2. The van der Waals surface area contributed by atoms with Gasteiger partial charge in [0.1, 0.15) is 0 Å². The van der Waals surface area contributed by atoms with E-state index in [1.54, 1.807) is 22.3 Å². The molecule has 0 bridgehead atoms. The largest absolute Gasteiger partial charge is 0.147 e. The zero-order chi connectivity index (χ0) is 34.1. The van der Waals surface area contributed by atoms with E-state index in [0.29, 0.717) is 13.2 Å². The fourth-order valence-electron chi connectivity index (χ4n) is 9.87. The molecule has 2 aliphatic rings. The van der Waals surface area contributed by atoms with Gasteiger partial charge in [-0.25, -0.2) is 0 Å². The van der Waals surface area contributed by atoms with Gasteiger partial charge in [0.2, 0.25) is 0 Å². The Morgan fingerprint density at radius 1 is 0.608 bits per heavy atom. The average Bonchev–Trinajstić information content (AvgIpc) is 3.70. The van der Waals surface area contributed by atoms with E-state index in [0.717, 1.165) is 6.42 Å². The van der Waals surface area contributed by atoms with Gasteiger partial charge in [0.05, 0.1) is 0 Å². The van der Waals surface area contributed by atoms with Gasteiger partial charge in [0.15, 0.2) is 0 Å². The van der Waals surface area contributed by atoms with Crippen LogP contribution in [-0.4, -0.2) is 6.88 Å². The van der Waals surface area contributed by atoms with E-state index >= 15 is 0 Å². The van der Waals surface area contributed by atoms with Gasteiger partial charge in [-0.1, -0.05) is 0 Å².